The molecule has 0 heterocycles. The molecule has 0 spiro atoms. The standard InChI is InChI=1S/C24H20N2O5S/c1-17-8-11-20(12-9-17)26-24(27)19(16-25)14-18-10-13-22(30-2)23(15-18)31-32(28,29)21-6-4-3-5-7-21/h3-15H,1-2H3,(H,26,27)/b19-14+. The number of benzene rings is 3. The molecule has 3 aromatic rings. The van der Waals surface area contributed by atoms with Gasteiger partial charge in [-0.15, -0.1) is 0 Å². The number of carbonyl (C=O) groups excluding carboxylic acids is 1. The number of nitrogens with zero attached hydrogens (tertiary/aromatic N) is 1. The molecule has 0 aliphatic carbocycles. The molecule has 162 valence electrons. The van der Waals surface area contributed by atoms with Crippen LogP contribution in [0.5, 0.6) is 11.5 Å². The maximum absolute atomic E-state index is 12.6. The van der Waals surface area contributed by atoms with Crippen LogP contribution in [0, 0.1) is 18.3 Å². The maximum Gasteiger partial charge on any atom is 0.339 e. The Morgan fingerprint density at radius 3 is 2.31 bits per heavy atom. The highest BCUT2D eigenvalue weighted by Gasteiger charge is 2.19. The van der Waals surface area contributed by atoms with Crippen LogP contribution >= 0.6 is 0 Å². The Bertz CT molecular complexity index is 1290. The van der Waals surface area contributed by atoms with E-state index in [9.17, 15) is 18.5 Å². The highest BCUT2D eigenvalue weighted by atomic mass is 32.2. The molecule has 0 bridgehead atoms. The lowest BCUT2D eigenvalue weighted by molar-refractivity contribution is -0.112. The Labute approximate surface area is 186 Å². The monoisotopic (exact) mass is 448 g/mol. The van der Waals surface area contributed by atoms with Gasteiger partial charge in [-0.25, -0.2) is 0 Å². The summed E-state index contributed by atoms with van der Waals surface area (Å²) in [5, 5.41) is 12.1. The minimum atomic E-state index is -4.10. The molecule has 0 aromatic heterocycles. The van der Waals surface area contributed by atoms with Gasteiger partial charge in [-0.1, -0.05) is 42.0 Å². The van der Waals surface area contributed by atoms with Crippen molar-refractivity contribution in [3.05, 3.63) is 89.5 Å². The van der Waals surface area contributed by atoms with Crippen LogP contribution in [-0.2, 0) is 14.9 Å². The van der Waals surface area contributed by atoms with E-state index in [0.717, 1.165) is 5.56 Å². The van der Waals surface area contributed by atoms with Crippen LogP contribution in [0.15, 0.2) is 83.3 Å². The van der Waals surface area contributed by atoms with Gasteiger partial charge in [0.05, 0.1) is 7.11 Å². The smallest absolute Gasteiger partial charge is 0.339 e. The van der Waals surface area contributed by atoms with Gasteiger partial charge in [0.1, 0.15) is 16.5 Å². The second kappa shape index (κ2) is 9.81. The fourth-order valence-corrected chi connectivity index (χ4v) is 3.71. The Balaban J connectivity index is 1.89. The number of amides is 1. The molecular formula is C24H20N2O5S. The summed E-state index contributed by atoms with van der Waals surface area (Å²) in [5.74, 6) is -0.475. The lowest BCUT2D eigenvalue weighted by atomic mass is 10.1. The summed E-state index contributed by atoms with van der Waals surface area (Å²) in [7, 11) is -2.72. The molecular weight excluding hydrogens is 428 g/mol. The zero-order valence-electron chi connectivity index (χ0n) is 17.4. The maximum atomic E-state index is 12.6. The fraction of sp³-hybridized carbons (Fsp3) is 0.0833. The molecule has 0 aliphatic rings. The summed E-state index contributed by atoms with van der Waals surface area (Å²) in [6.45, 7) is 1.92. The Kier molecular flexibility index (Phi) is 6.93. The highest BCUT2D eigenvalue weighted by Crippen LogP contribution is 2.31. The van der Waals surface area contributed by atoms with Gasteiger partial charge in [-0.3, -0.25) is 4.79 Å². The summed E-state index contributed by atoms with van der Waals surface area (Å²) in [4.78, 5) is 12.5. The van der Waals surface area contributed by atoms with Gasteiger partial charge in [0.25, 0.3) is 5.91 Å². The number of ether oxygens (including phenoxy) is 1. The number of hydrogen-bond donors (Lipinski definition) is 1. The highest BCUT2D eigenvalue weighted by molar-refractivity contribution is 7.87. The van der Waals surface area contributed by atoms with Gasteiger partial charge in [-0.2, -0.15) is 13.7 Å². The average Bonchev–Trinajstić information content (AvgIpc) is 2.79. The number of nitriles is 1. The molecule has 3 aromatic carbocycles. The number of anilines is 1. The van der Waals surface area contributed by atoms with Crippen molar-refractivity contribution in [2.24, 2.45) is 0 Å². The van der Waals surface area contributed by atoms with Crippen molar-refractivity contribution in [2.45, 2.75) is 11.8 Å². The minimum Gasteiger partial charge on any atom is -0.493 e. The predicted octanol–water partition coefficient (Wildman–Crippen LogP) is 4.32. The minimum absolute atomic E-state index is 0.0156. The molecule has 0 atom stereocenters. The molecule has 0 radical (unpaired) electrons. The van der Waals surface area contributed by atoms with E-state index in [2.05, 4.69) is 5.32 Å². The van der Waals surface area contributed by atoms with Crippen molar-refractivity contribution < 1.29 is 22.1 Å². The second-order valence-electron chi connectivity index (χ2n) is 6.75. The number of carbonyl (C=O) groups is 1. The normalized spacial score (nSPS) is 11.3. The van der Waals surface area contributed by atoms with Crippen molar-refractivity contribution in [1.82, 2.24) is 0 Å². The van der Waals surface area contributed by atoms with Gasteiger partial charge in [0.15, 0.2) is 11.5 Å². The van der Waals surface area contributed by atoms with E-state index in [1.165, 1.54) is 37.5 Å². The molecule has 7 nitrogen and oxygen atoms in total. The molecule has 32 heavy (non-hydrogen) atoms. The van der Waals surface area contributed by atoms with E-state index in [1.54, 1.807) is 36.4 Å². The van der Waals surface area contributed by atoms with E-state index in [4.69, 9.17) is 8.92 Å². The van der Waals surface area contributed by atoms with E-state index in [0.29, 0.717) is 11.3 Å². The summed E-state index contributed by atoms with van der Waals surface area (Å²) in [6.07, 6.45) is 1.34. The van der Waals surface area contributed by atoms with Crippen LogP contribution < -0.4 is 14.2 Å². The first-order valence-electron chi connectivity index (χ1n) is 9.50. The van der Waals surface area contributed by atoms with E-state index >= 15 is 0 Å². The first-order valence-corrected chi connectivity index (χ1v) is 10.9. The topological polar surface area (TPSA) is 105 Å². The molecule has 1 N–H and O–H groups in total. The van der Waals surface area contributed by atoms with Crippen LogP contribution in [0.25, 0.3) is 6.08 Å². The van der Waals surface area contributed by atoms with Crippen molar-refractivity contribution >= 4 is 27.8 Å². The molecule has 0 saturated heterocycles. The number of methoxy groups -OCH3 is 1. The van der Waals surface area contributed by atoms with Crippen LogP contribution in [0.2, 0.25) is 0 Å². The number of rotatable bonds is 7. The van der Waals surface area contributed by atoms with Crippen LogP contribution in [0.4, 0.5) is 5.69 Å². The SMILES string of the molecule is COc1ccc(/C=C(\C#N)C(=O)Nc2ccc(C)cc2)cc1OS(=O)(=O)c1ccccc1. The van der Waals surface area contributed by atoms with Gasteiger partial charge in [-0.05, 0) is 55.0 Å². The summed E-state index contributed by atoms with van der Waals surface area (Å²) in [6, 6.07) is 21.1. The number of nitrogens with one attached hydrogen (secondary N) is 1. The summed E-state index contributed by atoms with van der Waals surface area (Å²) >= 11 is 0. The Morgan fingerprint density at radius 2 is 1.69 bits per heavy atom. The predicted molar refractivity (Wildman–Crippen MR) is 121 cm³/mol. The molecule has 1 amide bonds. The third-order valence-corrected chi connectivity index (χ3v) is 5.65. The van der Waals surface area contributed by atoms with Crippen LogP contribution in [0.1, 0.15) is 11.1 Å². The van der Waals surface area contributed by atoms with E-state index in [1.807, 2.05) is 25.1 Å². The summed E-state index contributed by atoms with van der Waals surface area (Å²) < 4.78 is 35.6. The van der Waals surface area contributed by atoms with Crippen molar-refractivity contribution in [1.29, 1.82) is 5.26 Å². The molecule has 0 unspecified atom stereocenters. The van der Waals surface area contributed by atoms with Crippen LogP contribution in [0.3, 0.4) is 0 Å². The van der Waals surface area contributed by atoms with Crippen LogP contribution in [-0.4, -0.2) is 21.4 Å². The Morgan fingerprint density at radius 1 is 1.00 bits per heavy atom. The van der Waals surface area contributed by atoms with E-state index < -0.39 is 16.0 Å². The number of aryl methyl sites for hydroxylation is 1. The lowest BCUT2D eigenvalue weighted by Crippen LogP contribution is -2.13. The van der Waals surface area contributed by atoms with E-state index in [-0.39, 0.29) is 22.0 Å². The van der Waals surface area contributed by atoms with Gasteiger partial charge in [0, 0.05) is 5.69 Å². The molecule has 0 aliphatic heterocycles. The lowest BCUT2D eigenvalue weighted by Gasteiger charge is -2.11. The third-order valence-electron chi connectivity index (χ3n) is 4.40. The molecule has 3 rings (SSSR count). The zero-order valence-corrected chi connectivity index (χ0v) is 18.2. The second-order valence-corrected chi connectivity index (χ2v) is 8.30. The van der Waals surface area contributed by atoms with Crippen molar-refractivity contribution in [3.8, 4) is 17.6 Å². The Hall–Kier alpha value is -4.09. The summed E-state index contributed by atoms with van der Waals surface area (Å²) in [5.41, 5.74) is 1.82. The first-order chi connectivity index (χ1) is 15.3. The molecule has 0 saturated carbocycles. The van der Waals surface area contributed by atoms with Gasteiger partial charge < -0.3 is 14.2 Å². The van der Waals surface area contributed by atoms with Gasteiger partial charge in [0.2, 0.25) is 0 Å². The molecule has 0 fully saturated rings. The molecule has 8 heteroatoms. The quantitative estimate of drug-likeness (QED) is 0.328. The van der Waals surface area contributed by atoms with Crippen molar-refractivity contribution in [3.63, 3.8) is 0 Å². The third kappa shape index (κ3) is 5.53. The average molecular weight is 449 g/mol. The fourth-order valence-electron chi connectivity index (χ4n) is 2.75. The van der Waals surface area contributed by atoms with Gasteiger partial charge >= 0.3 is 10.1 Å². The largest absolute Gasteiger partial charge is 0.493 e. The first kappa shape index (κ1) is 22.6. The number of hydrogen-bond acceptors (Lipinski definition) is 6. The van der Waals surface area contributed by atoms with Crippen molar-refractivity contribution in [2.75, 3.05) is 12.4 Å². The zero-order chi connectivity index (χ0) is 23.1.